The third kappa shape index (κ3) is 3.47. The summed E-state index contributed by atoms with van der Waals surface area (Å²) in [6.45, 7) is 5.24. The van der Waals surface area contributed by atoms with Crippen LogP contribution >= 0.6 is 12.4 Å². The van der Waals surface area contributed by atoms with Crippen molar-refractivity contribution in [3.63, 3.8) is 0 Å². The number of hydrogen-bond acceptors (Lipinski definition) is 2. The highest BCUT2D eigenvalue weighted by atomic mass is 35.5. The molecule has 2 N–H and O–H groups in total. The predicted octanol–water partition coefficient (Wildman–Crippen LogP) is 3.22. The van der Waals surface area contributed by atoms with Crippen LogP contribution in [0, 0.1) is 19.7 Å². The lowest BCUT2D eigenvalue weighted by Gasteiger charge is -2.30. The Morgan fingerprint density at radius 1 is 1.25 bits per heavy atom. The van der Waals surface area contributed by atoms with Crippen LogP contribution in [0.5, 0.6) is 0 Å². The first-order valence-corrected chi connectivity index (χ1v) is 7.97. The highest BCUT2D eigenvalue weighted by molar-refractivity contribution is 5.96. The Morgan fingerprint density at radius 2 is 1.92 bits per heavy atom. The number of aromatic nitrogens is 1. The van der Waals surface area contributed by atoms with Gasteiger partial charge >= 0.3 is 0 Å². The lowest BCUT2D eigenvalue weighted by molar-refractivity contribution is 0.0708. The van der Waals surface area contributed by atoms with Crippen LogP contribution in [-0.4, -0.2) is 34.5 Å². The van der Waals surface area contributed by atoms with Crippen LogP contribution in [-0.2, 0) is 0 Å². The lowest BCUT2D eigenvalue weighted by atomic mass is 10.1. The second-order valence-corrected chi connectivity index (χ2v) is 6.25. The summed E-state index contributed by atoms with van der Waals surface area (Å²) < 4.78 is 15.1. The molecule has 24 heavy (non-hydrogen) atoms. The zero-order chi connectivity index (χ0) is 16.6. The van der Waals surface area contributed by atoms with Crippen LogP contribution in [0.1, 0.15) is 34.6 Å². The van der Waals surface area contributed by atoms with Crippen LogP contribution in [0.25, 0.3) is 5.69 Å². The Hall–Kier alpha value is -1.85. The van der Waals surface area contributed by atoms with E-state index in [4.69, 9.17) is 5.73 Å². The Labute approximate surface area is 147 Å². The molecule has 1 amide bonds. The molecular formula is C18H23ClFN3O. The summed E-state index contributed by atoms with van der Waals surface area (Å²) in [5, 5.41) is 0. The molecular weight excluding hydrogens is 329 g/mol. The minimum absolute atomic E-state index is 0. The summed E-state index contributed by atoms with van der Waals surface area (Å²) in [7, 11) is 0. The van der Waals surface area contributed by atoms with Gasteiger partial charge in [0.15, 0.2) is 0 Å². The van der Waals surface area contributed by atoms with Crippen molar-refractivity contribution in [1.82, 2.24) is 9.47 Å². The standard InChI is InChI=1S/C18H22FN3O.ClH/c1-12-10-17(18(23)21-9-3-4-15(20)11-21)13(2)22(12)16-7-5-14(19)6-8-16;/h5-8,10,15H,3-4,9,11,20H2,1-2H3;1H. The summed E-state index contributed by atoms with van der Waals surface area (Å²) >= 11 is 0. The van der Waals surface area contributed by atoms with E-state index in [1.807, 2.05) is 29.4 Å². The van der Waals surface area contributed by atoms with Gasteiger partial charge in [-0.1, -0.05) is 0 Å². The van der Waals surface area contributed by atoms with E-state index in [0.29, 0.717) is 12.1 Å². The van der Waals surface area contributed by atoms with Gasteiger partial charge in [0.2, 0.25) is 0 Å². The highest BCUT2D eigenvalue weighted by Gasteiger charge is 2.25. The number of halogens is 2. The molecule has 2 aromatic rings. The Morgan fingerprint density at radius 3 is 2.54 bits per heavy atom. The first-order chi connectivity index (χ1) is 11.0. The minimum Gasteiger partial charge on any atom is -0.337 e. The number of carbonyl (C=O) groups is 1. The smallest absolute Gasteiger partial charge is 0.255 e. The lowest BCUT2D eigenvalue weighted by Crippen LogP contribution is -2.45. The number of nitrogens with zero attached hydrogens (tertiary/aromatic N) is 2. The number of amides is 1. The van der Waals surface area contributed by atoms with Crippen LogP contribution in [0.15, 0.2) is 30.3 Å². The molecule has 1 fully saturated rings. The molecule has 130 valence electrons. The van der Waals surface area contributed by atoms with E-state index >= 15 is 0 Å². The van der Waals surface area contributed by atoms with Gasteiger partial charge in [0.1, 0.15) is 5.82 Å². The average molecular weight is 352 g/mol. The number of benzene rings is 1. The fraction of sp³-hybridized carbons (Fsp3) is 0.389. The molecule has 0 spiro atoms. The van der Waals surface area contributed by atoms with Crippen molar-refractivity contribution in [2.24, 2.45) is 5.73 Å². The number of carbonyl (C=O) groups excluding carboxylic acids is 1. The van der Waals surface area contributed by atoms with Crippen LogP contribution in [0.4, 0.5) is 4.39 Å². The molecule has 4 nitrogen and oxygen atoms in total. The third-order valence-corrected chi connectivity index (χ3v) is 4.49. The molecule has 1 aliphatic rings. The number of piperidine rings is 1. The van der Waals surface area contributed by atoms with Crippen LogP contribution < -0.4 is 5.73 Å². The molecule has 0 radical (unpaired) electrons. The Balaban J connectivity index is 0.00000208. The monoisotopic (exact) mass is 351 g/mol. The van der Waals surface area contributed by atoms with Gasteiger partial charge in [-0.3, -0.25) is 4.79 Å². The average Bonchev–Trinajstić information content (AvgIpc) is 2.82. The summed E-state index contributed by atoms with van der Waals surface area (Å²) in [6, 6.07) is 8.27. The SMILES string of the molecule is Cc1cc(C(=O)N2CCCC(N)C2)c(C)n1-c1ccc(F)cc1.Cl. The van der Waals surface area contributed by atoms with Gasteiger partial charge in [0.25, 0.3) is 5.91 Å². The van der Waals surface area contributed by atoms with Gasteiger partial charge in [-0.25, -0.2) is 4.39 Å². The first-order valence-electron chi connectivity index (χ1n) is 7.97. The molecule has 1 unspecified atom stereocenters. The largest absolute Gasteiger partial charge is 0.337 e. The molecule has 6 heteroatoms. The van der Waals surface area contributed by atoms with Gasteiger partial charge in [-0.2, -0.15) is 0 Å². The van der Waals surface area contributed by atoms with Crippen LogP contribution in [0.3, 0.4) is 0 Å². The van der Waals surface area contributed by atoms with Crippen molar-refractivity contribution >= 4 is 18.3 Å². The molecule has 1 aromatic heterocycles. The molecule has 1 saturated heterocycles. The van der Waals surface area contributed by atoms with Crippen LogP contribution in [0.2, 0.25) is 0 Å². The van der Waals surface area contributed by atoms with E-state index in [1.54, 1.807) is 12.1 Å². The molecule has 0 bridgehead atoms. The molecule has 3 rings (SSSR count). The quantitative estimate of drug-likeness (QED) is 0.903. The molecule has 0 saturated carbocycles. The van der Waals surface area contributed by atoms with Crippen molar-refractivity contribution < 1.29 is 9.18 Å². The number of likely N-dealkylation sites (tertiary alicyclic amines) is 1. The number of aryl methyl sites for hydroxylation is 1. The van der Waals surface area contributed by atoms with E-state index in [-0.39, 0.29) is 30.2 Å². The molecule has 1 atom stereocenters. The van der Waals surface area contributed by atoms with E-state index in [1.165, 1.54) is 12.1 Å². The van der Waals surface area contributed by atoms with Crippen molar-refractivity contribution in [3.05, 3.63) is 53.1 Å². The molecule has 1 aromatic carbocycles. The maximum Gasteiger partial charge on any atom is 0.255 e. The summed E-state index contributed by atoms with van der Waals surface area (Å²) in [5.41, 5.74) is 9.37. The van der Waals surface area contributed by atoms with Gasteiger partial charge < -0.3 is 15.2 Å². The van der Waals surface area contributed by atoms with E-state index in [9.17, 15) is 9.18 Å². The van der Waals surface area contributed by atoms with Crippen molar-refractivity contribution in [3.8, 4) is 5.69 Å². The maximum absolute atomic E-state index is 13.1. The van der Waals surface area contributed by atoms with E-state index in [2.05, 4.69) is 0 Å². The second kappa shape index (κ2) is 7.36. The minimum atomic E-state index is -0.269. The number of rotatable bonds is 2. The number of hydrogen-bond donors (Lipinski definition) is 1. The maximum atomic E-state index is 13.1. The third-order valence-electron chi connectivity index (χ3n) is 4.49. The fourth-order valence-corrected chi connectivity index (χ4v) is 3.33. The zero-order valence-corrected chi connectivity index (χ0v) is 14.8. The fourth-order valence-electron chi connectivity index (χ4n) is 3.33. The van der Waals surface area contributed by atoms with Crippen molar-refractivity contribution in [1.29, 1.82) is 0 Å². The Bertz CT molecular complexity index is 727. The molecule has 2 heterocycles. The first kappa shape index (κ1) is 18.5. The van der Waals surface area contributed by atoms with Crippen molar-refractivity contribution in [2.75, 3.05) is 13.1 Å². The number of nitrogens with two attached hydrogens (primary N) is 1. The van der Waals surface area contributed by atoms with E-state index < -0.39 is 0 Å². The molecule has 1 aliphatic heterocycles. The predicted molar refractivity (Wildman–Crippen MR) is 95.6 cm³/mol. The normalized spacial score (nSPS) is 17.5. The van der Waals surface area contributed by atoms with Gasteiger partial charge in [0, 0.05) is 36.2 Å². The van der Waals surface area contributed by atoms with Crippen molar-refractivity contribution in [2.45, 2.75) is 32.7 Å². The molecule has 0 aliphatic carbocycles. The summed E-state index contributed by atoms with van der Waals surface area (Å²) in [4.78, 5) is 14.7. The second-order valence-electron chi connectivity index (χ2n) is 6.25. The highest BCUT2D eigenvalue weighted by Crippen LogP contribution is 2.23. The summed E-state index contributed by atoms with van der Waals surface area (Å²) in [5.74, 6) is -0.239. The van der Waals surface area contributed by atoms with Gasteiger partial charge in [-0.15, -0.1) is 12.4 Å². The van der Waals surface area contributed by atoms with E-state index in [0.717, 1.165) is 36.5 Å². The summed E-state index contributed by atoms with van der Waals surface area (Å²) in [6.07, 6.45) is 1.92. The topological polar surface area (TPSA) is 51.3 Å². The Kier molecular flexibility index (Phi) is 5.67. The zero-order valence-electron chi connectivity index (χ0n) is 14.0. The van der Waals surface area contributed by atoms with Gasteiger partial charge in [0.05, 0.1) is 5.56 Å². The van der Waals surface area contributed by atoms with Gasteiger partial charge in [-0.05, 0) is 57.0 Å².